The highest BCUT2D eigenvalue weighted by Gasteiger charge is 2.19. The predicted octanol–water partition coefficient (Wildman–Crippen LogP) is 4.34. The van der Waals surface area contributed by atoms with Crippen LogP contribution in [-0.2, 0) is 6.42 Å². The second kappa shape index (κ2) is 6.99. The van der Waals surface area contributed by atoms with E-state index in [-0.39, 0.29) is 0 Å². The van der Waals surface area contributed by atoms with Crippen molar-refractivity contribution in [2.24, 2.45) is 0 Å². The van der Waals surface area contributed by atoms with Crippen molar-refractivity contribution < 1.29 is 4.74 Å². The smallest absolute Gasteiger partial charge is 0.126 e. The zero-order valence-corrected chi connectivity index (χ0v) is 13.4. The molecule has 22 heavy (non-hydrogen) atoms. The molecule has 1 heterocycles. The number of ether oxygens (including phenoxy) is 1. The average molecular weight is 314 g/mol. The minimum atomic E-state index is 0.436. The maximum Gasteiger partial charge on any atom is 0.126 e. The van der Waals surface area contributed by atoms with Crippen molar-refractivity contribution in [3.63, 3.8) is 0 Å². The van der Waals surface area contributed by atoms with Crippen LogP contribution in [0.25, 0.3) is 5.57 Å². The third-order valence-corrected chi connectivity index (χ3v) is 4.29. The number of hydrogen-bond acceptors (Lipinski definition) is 2. The lowest BCUT2D eigenvalue weighted by atomic mass is 9.91. The second-order valence-corrected chi connectivity index (χ2v) is 6.01. The first-order chi connectivity index (χ1) is 10.8. The first kappa shape index (κ1) is 15.1. The summed E-state index contributed by atoms with van der Waals surface area (Å²) in [5.74, 6) is 0.885. The van der Waals surface area contributed by atoms with Gasteiger partial charge in [0.15, 0.2) is 0 Å². The van der Waals surface area contributed by atoms with E-state index in [1.165, 1.54) is 11.1 Å². The minimum Gasteiger partial charge on any atom is -0.496 e. The first-order valence-electron chi connectivity index (χ1n) is 7.56. The fourth-order valence-electron chi connectivity index (χ4n) is 2.96. The van der Waals surface area contributed by atoms with Gasteiger partial charge in [-0.1, -0.05) is 48.0 Å². The Morgan fingerprint density at radius 2 is 2.00 bits per heavy atom. The molecule has 0 fully saturated rings. The lowest BCUT2D eigenvalue weighted by Crippen LogP contribution is -2.34. The van der Waals surface area contributed by atoms with Crippen LogP contribution in [0.5, 0.6) is 5.75 Å². The van der Waals surface area contributed by atoms with Crippen LogP contribution in [-0.4, -0.2) is 19.7 Å². The summed E-state index contributed by atoms with van der Waals surface area (Å²) in [6.45, 7) is 0.877. The average Bonchev–Trinajstić information content (AvgIpc) is 2.56. The van der Waals surface area contributed by atoms with Gasteiger partial charge in [-0.05, 0) is 42.2 Å². The molecule has 1 N–H and O–H groups in total. The lowest BCUT2D eigenvalue weighted by Gasteiger charge is -2.25. The topological polar surface area (TPSA) is 21.3 Å². The second-order valence-electron chi connectivity index (χ2n) is 5.57. The highest BCUT2D eigenvalue weighted by molar-refractivity contribution is 6.30. The Kier molecular flexibility index (Phi) is 4.81. The Morgan fingerprint density at radius 3 is 2.77 bits per heavy atom. The molecule has 0 aliphatic carbocycles. The zero-order chi connectivity index (χ0) is 15.4. The van der Waals surface area contributed by atoms with Gasteiger partial charge in [-0.15, -0.1) is 0 Å². The van der Waals surface area contributed by atoms with Crippen LogP contribution >= 0.6 is 11.6 Å². The van der Waals surface area contributed by atoms with E-state index < -0.39 is 0 Å². The van der Waals surface area contributed by atoms with Crippen LogP contribution in [0.3, 0.4) is 0 Å². The quantitative estimate of drug-likeness (QED) is 0.906. The molecule has 0 spiro atoms. The van der Waals surface area contributed by atoms with Crippen LogP contribution < -0.4 is 10.1 Å². The molecule has 0 saturated heterocycles. The number of hydrogen-bond donors (Lipinski definition) is 1. The summed E-state index contributed by atoms with van der Waals surface area (Å²) in [7, 11) is 1.70. The molecule has 114 valence electrons. The summed E-state index contributed by atoms with van der Waals surface area (Å²) in [6.07, 6.45) is 4.24. The molecule has 0 amide bonds. The lowest BCUT2D eigenvalue weighted by molar-refractivity contribution is 0.412. The van der Waals surface area contributed by atoms with Gasteiger partial charge in [-0.3, -0.25) is 0 Å². The van der Waals surface area contributed by atoms with E-state index >= 15 is 0 Å². The van der Waals surface area contributed by atoms with Crippen molar-refractivity contribution in [1.29, 1.82) is 0 Å². The van der Waals surface area contributed by atoms with Crippen LogP contribution in [0.1, 0.15) is 17.5 Å². The van der Waals surface area contributed by atoms with Crippen molar-refractivity contribution in [2.75, 3.05) is 13.7 Å². The Labute approximate surface area is 136 Å². The Bertz CT molecular complexity index is 666. The fraction of sp³-hybridized carbons (Fsp3) is 0.263. The van der Waals surface area contributed by atoms with Gasteiger partial charge in [0.1, 0.15) is 5.75 Å². The van der Waals surface area contributed by atoms with Gasteiger partial charge in [-0.25, -0.2) is 0 Å². The molecule has 1 aliphatic rings. The maximum absolute atomic E-state index is 6.16. The van der Waals surface area contributed by atoms with Gasteiger partial charge in [0, 0.05) is 23.2 Å². The summed E-state index contributed by atoms with van der Waals surface area (Å²) < 4.78 is 5.49. The molecule has 0 saturated carbocycles. The molecule has 2 aromatic rings. The number of benzene rings is 2. The summed E-state index contributed by atoms with van der Waals surface area (Å²) in [5, 5.41) is 4.31. The zero-order valence-electron chi connectivity index (χ0n) is 12.7. The van der Waals surface area contributed by atoms with E-state index in [1.54, 1.807) is 7.11 Å². The van der Waals surface area contributed by atoms with Crippen molar-refractivity contribution in [3.05, 3.63) is 70.8 Å². The minimum absolute atomic E-state index is 0.436. The Balaban J connectivity index is 1.78. The number of rotatable bonds is 4. The third-order valence-electron chi connectivity index (χ3n) is 4.05. The van der Waals surface area contributed by atoms with Crippen LogP contribution in [0.4, 0.5) is 0 Å². The van der Waals surface area contributed by atoms with Gasteiger partial charge in [0.2, 0.25) is 0 Å². The van der Waals surface area contributed by atoms with E-state index in [2.05, 4.69) is 41.7 Å². The maximum atomic E-state index is 6.16. The van der Waals surface area contributed by atoms with Crippen LogP contribution in [0.2, 0.25) is 5.02 Å². The van der Waals surface area contributed by atoms with Crippen molar-refractivity contribution >= 4 is 17.2 Å². The van der Waals surface area contributed by atoms with Gasteiger partial charge in [0.05, 0.1) is 7.11 Å². The fourth-order valence-corrected chi connectivity index (χ4v) is 3.14. The van der Waals surface area contributed by atoms with E-state index in [1.807, 2.05) is 18.2 Å². The van der Waals surface area contributed by atoms with Gasteiger partial charge >= 0.3 is 0 Å². The van der Waals surface area contributed by atoms with Gasteiger partial charge in [0.25, 0.3) is 0 Å². The third kappa shape index (κ3) is 3.52. The number of methoxy groups -OCH3 is 1. The molecular formula is C19H20ClNO. The van der Waals surface area contributed by atoms with E-state index in [0.29, 0.717) is 6.04 Å². The molecule has 1 aliphatic heterocycles. The standard InChI is InChI=1S/C19H20ClNO/c1-22-19-8-7-16(20)13-18(19)15-9-10-21-17(12-15)11-14-5-3-2-4-6-14/h2-9,13,17,21H,10-12H2,1H3. The molecule has 2 aromatic carbocycles. The normalized spacial score (nSPS) is 17.9. The highest BCUT2D eigenvalue weighted by Crippen LogP contribution is 2.33. The van der Waals surface area contributed by atoms with E-state index in [9.17, 15) is 0 Å². The summed E-state index contributed by atoms with van der Waals surface area (Å²) in [5.41, 5.74) is 3.77. The molecule has 0 aromatic heterocycles. The first-order valence-corrected chi connectivity index (χ1v) is 7.94. The van der Waals surface area contributed by atoms with Crippen molar-refractivity contribution in [1.82, 2.24) is 5.32 Å². The summed E-state index contributed by atoms with van der Waals surface area (Å²) in [4.78, 5) is 0. The SMILES string of the molecule is COc1ccc(Cl)cc1C1=CCNC(Cc2ccccc2)C1. The van der Waals surface area contributed by atoms with Crippen LogP contribution in [0, 0.1) is 0 Å². The molecule has 2 nitrogen and oxygen atoms in total. The number of nitrogens with one attached hydrogen (secondary N) is 1. The summed E-state index contributed by atoms with van der Waals surface area (Å²) in [6, 6.07) is 16.8. The van der Waals surface area contributed by atoms with E-state index in [4.69, 9.17) is 16.3 Å². The molecule has 3 heteroatoms. The predicted molar refractivity (Wildman–Crippen MR) is 92.5 cm³/mol. The van der Waals surface area contributed by atoms with Crippen LogP contribution in [0.15, 0.2) is 54.6 Å². The monoisotopic (exact) mass is 313 g/mol. The Morgan fingerprint density at radius 1 is 1.18 bits per heavy atom. The molecule has 0 radical (unpaired) electrons. The molecule has 0 bridgehead atoms. The van der Waals surface area contributed by atoms with Crippen molar-refractivity contribution in [3.8, 4) is 5.75 Å². The van der Waals surface area contributed by atoms with Gasteiger partial charge < -0.3 is 10.1 Å². The van der Waals surface area contributed by atoms with E-state index in [0.717, 1.165) is 35.7 Å². The largest absolute Gasteiger partial charge is 0.496 e. The summed E-state index contributed by atoms with van der Waals surface area (Å²) >= 11 is 6.16. The highest BCUT2D eigenvalue weighted by atomic mass is 35.5. The van der Waals surface area contributed by atoms with Crippen molar-refractivity contribution in [2.45, 2.75) is 18.9 Å². The number of halogens is 1. The molecule has 1 unspecified atom stereocenters. The molecular weight excluding hydrogens is 294 g/mol. The van der Waals surface area contributed by atoms with Gasteiger partial charge in [-0.2, -0.15) is 0 Å². The molecule has 3 rings (SSSR count). The Hall–Kier alpha value is -1.77. The molecule has 1 atom stereocenters.